The minimum Gasteiger partial charge on any atom is -0.361 e. The second-order valence-corrected chi connectivity index (χ2v) is 5.06. The number of nitrogens with zero attached hydrogens (tertiary/aromatic N) is 2. The van der Waals surface area contributed by atoms with Crippen molar-refractivity contribution in [1.82, 2.24) is 15.1 Å². The summed E-state index contributed by atoms with van der Waals surface area (Å²) in [6.45, 7) is 2.21. The molecule has 2 atom stereocenters. The van der Waals surface area contributed by atoms with Crippen molar-refractivity contribution in [3.63, 3.8) is 0 Å². The van der Waals surface area contributed by atoms with Gasteiger partial charge in [-0.1, -0.05) is 12.1 Å². The van der Waals surface area contributed by atoms with Crippen molar-refractivity contribution < 1.29 is 4.52 Å². The molecule has 1 saturated carbocycles. The van der Waals surface area contributed by atoms with E-state index in [1.807, 2.05) is 24.4 Å². The Morgan fingerprint density at radius 2 is 2.22 bits per heavy atom. The molecule has 1 aliphatic carbocycles. The molecule has 2 aromatic heterocycles. The van der Waals surface area contributed by atoms with Crippen LogP contribution in [0.1, 0.15) is 25.2 Å². The molecule has 90 valence electrons. The molecule has 3 aromatic rings. The van der Waals surface area contributed by atoms with E-state index in [2.05, 4.69) is 28.1 Å². The van der Waals surface area contributed by atoms with E-state index in [4.69, 9.17) is 4.52 Å². The summed E-state index contributed by atoms with van der Waals surface area (Å²) in [5.41, 5.74) is 2.13. The van der Waals surface area contributed by atoms with Gasteiger partial charge in [-0.05, 0) is 36.6 Å². The molecule has 18 heavy (non-hydrogen) atoms. The molecule has 0 bridgehead atoms. The Bertz CT molecular complexity index is 712. The van der Waals surface area contributed by atoms with Gasteiger partial charge in [-0.2, -0.15) is 4.98 Å². The highest BCUT2D eigenvalue weighted by Gasteiger charge is 2.38. The molecule has 0 saturated heterocycles. The predicted molar refractivity (Wildman–Crippen MR) is 68.1 cm³/mol. The lowest BCUT2D eigenvalue weighted by Gasteiger charge is -1.94. The van der Waals surface area contributed by atoms with Crippen LogP contribution in [-0.4, -0.2) is 15.1 Å². The number of fused-ring (bicyclic) bond motifs is 1. The summed E-state index contributed by atoms with van der Waals surface area (Å²) in [4.78, 5) is 7.67. The van der Waals surface area contributed by atoms with E-state index in [0.717, 1.165) is 17.0 Å². The molecule has 4 heteroatoms. The largest absolute Gasteiger partial charge is 0.361 e. The fourth-order valence-corrected chi connectivity index (χ4v) is 2.36. The number of nitrogens with one attached hydrogen (secondary N) is 1. The van der Waals surface area contributed by atoms with Crippen molar-refractivity contribution >= 4 is 10.9 Å². The Hall–Kier alpha value is -2.10. The maximum atomic E-state index is 5.34. The van der Waals surface area contributed by atoms with Gasteiger partial charge >= 0.3 is 0 Å². The Balaban J connectivity index is 1.74. The quantitative estimate of drug-likeness (QED) is 0.746. The molecule has 0 radical (unpaired) electrons. The zero-order valence-corrected chi connectivity index (χ0v) is 10.1. The summed E-state index contributed by atoms with van der Waals surface area (Å²) >= 11 is 0. The van der Waals surface area contributed by atoms with E-state index in [1.165, 1.54) is 11.8 Å². The molecule has 0 unspecified atom stereocenters. The number of H-pyrrole nitrogens is 1. The van der Waals surface area contributed by atoms with Crippen LogP contribution < -0.4 is 0 Å². The van der Waals surface area contributed by atoms with Crippen LogP contribution in [0, 0.1) is 5.92 Å². The zero-order chi connectivity index (χ0) is 12.1. The van der Waals surface area contributed by atoms with Crippen LogP contribution >= 0.6 is 0 Å². The van der Waals surface area contributed by atoms with Crippen LogP contribution in [0.5, 0.6) is 0 Å². The van der Waals surface area contributed by atoms with Gasteiger partial charge in [0.05, 0.1) is 0 Å². The van der Waals surface area contributed by atoms with E-state index >= 15 is 0 Å². The van der Waals surface area contributed by atoms with Crippen LogP contribution in [0.25, 0.3) is 22.3 Å². The highest BCUT2D eigenvalue weighted by atomic mass is 16.5. The van der Waals surface area contributed by atoms with Crippen LogP contribution in [0.3, 0.4) is 0 Å². The lowest BCUT2D eigenvalue weighted by Crippen LogP contribution is -1.83. The van der Waals surface area contributed by atoms with Crippen molar-refractivity contribution in [3.8, 4) is 11.4 Å². The van der Waals surface area contributed by atoms with Gasteiger partial charge in [-0.25, -0.2) is 0 Å². The average Bonchev–Trinajstić information content (AvgIpc) is 2.88. The monoisotopic (exact) mass is 239 g/mol. The Morgan fingerprint density at radius 1 is 1.33 bits per heavy atom. The molecule has 1 fully saturated rings. The normalized spacial score (nSPS) is 22.5. The van der Waals surface area contributed by atoms with E-state index in [-0.39, 0.29) is 0 Å². The third-order valence-corrected chi connectivity index (χ3v) is 3.68. The lowest BCUT2D eigenvalue weighted by molar-refractivity contribution is 0.377. The topological polar surface area (TPSA) is 54.7 Å². The van der Waals surface area contributed by atoms with Gasteiger partial charge in [-0.15, -0.1) is 0 Å². The third-order valence-electron chi connectivity index (χ3n) is 3.68. The second kappa shape index (κ2) is 3.45. The van der Waals surface area contributed by atoms with E-state index in [9.17, 15) is 0 Å². The highest BCUT2D eigenvalue weighted by molar-refractivity contribution is 5.83. The molecule has 1 N–H and O–H groups in total. The SMILES string of the molecule is C[C@H]1C[C@H]1c1nc(-c2ccc3[nH]ccc3c2)no1. The van der Waals surface area contributed by atoms with E-state index < -0.39 is 0 Å². The van der Waals surface area contributed by atoms with Crippen LogP contribution in [0.2, 0.25) is 0 Å². The second-order valence-electron chi connectivity index (χ2n) is 5.06. The molecule has 0 spiro atoms. The van der Waals surface area contributed by atoms with Crippen molar-refractivity contribution in [2.45, 2.75) is 19.3 Å². The van der Waals surface area contributed by atoms with Crippen LogP contribution in [-0.2, 0) is 0 Å². The minimum absolute atomic E-state index is 0.474. The van der Waals surface area contributed by atoms with Crippen LogP contribution in [0.15, 0.2) is 35.0 Å². The molecular weight excluding hydrogens is 226 g/mol. The summed E-state index contributed by atoms with van der Waals surface area (Å²) in [6.07, 6.45) is 3.10. The molecule has 0 amide bonds. The molecule has 1 aromatic carbocycles. The fraction of sp³-hybridized carbons (Fsp3) is 0.286. The molecule has 4 nitrogen and oxygen atoms in total. The minimum atomic E-state index is 0.474. The van der Waals surface area contributed by atoms with E-state index in [0.29, 0.717) is 17.7 Å². The summed E-state index contributed by atoms with van der Waals surface area (Å²) in [5, 5.41) is 5.24. The maximum Gasteiger partial charge on any atom is 0.230 e. The Morgan fingerprint density at radius 3 is 3.06 bits per heavy atom. The first-order chi connectivity index (χ1) is 8.81. The highest BCUT2D eigenvalue weighted by Crippen LogP contribution is 2.46. The average molecular weight is 239 g/mol. The fourth-order valence-electron chi connectivity index (χ4n) is 2.36. The maximum absolute atomic E-state index is 5.34. The summed E-state index contributed by atoms with van der Waals surface area (Å²) < 4.78 is 5.34. The molecule has 2 heterocycles. The number of hydrogen-bond donors (Lipinski definition) is 1. The number of benzene rings is 1. The number of aromatic nitrogens is 3. The lowest BCUT2D eigenvalue weighted by atomic mass is 10.1. The summed E-state index contributed by atoms with van der Waals surface area (Å²) in [7, 11) is 0. The number of hydrogen-bond acceptors (Lipinski definition) is 3. The van der Waals surface area contributed by atoms with Gasteiger partial charge in [-0.3, -0.25) is 0 Å². The molecule has 0 aliphatic heterocycles. The van der Waals surface area contributed by atoms with Crippen LogP contribution in [0.4, 0.5) is 0 Å². The Labute approximate surface area is 104 Å². The van der Waals surface area contributed by atoms with Gasteiger partial charge < -0.3 is 9.51 Å². The van der Waals surface area contributed by atoms with Gasteiger partial charge in [0.15, 0.2) is 0 Å². The van der Waals surface area contributed by atoms with Gasteiger partial charge in [0.2, 0.25) is 11.7 Å². The first kappa shape index (κ1) is 9.88. The number of rotatable bonds is 2. The first-order valence-electron chi connectivity index (χ1n) is 6.22. The predicted octanol–water partition coefficient (Wildman–Crippen LogP) is 3.34. The summed E-state index contributed by atoms with van der Waals surface area (Å²) in [5.74, 6) is 2.63. The first-order valence-corrected chi connectivity index (χ1v) is 6.22. The smallest absolute Gasteiger partial charge is 0.230 e. The van der Waals surface area contributed by atoms with Gasteiger partial charge in [0.1, 0.15) is 0 Å². The van der Waals surface area contributed by atoms with Gasteiger partial charge in [0, 0.05) is 28.6 Å². The molecular formula is C14H13N3O. The Kier molecular flexibility index (Phi) is 1.89. The molecule has 1 aliphatic rings. The van der Waals surface area contributed by atoms with Gasteiger partial charge in [0.25, 0.3) is 0 Å². The van der Waals surface area contributed by atoms with E-state index in [1.54, 1.807) is 0 Å². The zero-order valence-electron chi connectivity index (χ0n) is 10.1. The van der Waals surface area contributed by atoms with Crippen molar-refractivity contribution in [2.75, 3.05) is 0 Å². The van der Waals surface area contributed by atoms with Crippen molar-refractivity contribution in [1.29, 1.82) is 0 Å². The van der Waals surface area contributed by atoms with Crippen molar-refractivity contribution in [3.05, 3.63) is 36.4 Å². The molecule has 4 rings (SSSR count). The van der Waals surface area contributed by atoms with Crippen molar-refractivity contribution in [2.24, 2.45) is 5.92 Å². The summed E-state index contributed by atoms with van der Waals surface area (Å²) in [6, 6.07) is 8.18. The number of aromatic amines is 1. The third kappa shape index (κ3) is 1.45. The standard InChI is InChI=1S/C14H13N3O/c1-8-6-11(8)14-16-13(17-18-14)10-2-3-12-9(7-10)4-5-15-12/h2-5,7-8,11,15H,6H2,1H3/t8-,11+/m0/s1.